The van der Waals surface area contributed by atoms with Crippen LogP contribution < -0.4 is 5.32 Å². The highest BCUT2D eigenvalue weighted by Crippen LogP contribution is 2.19. The van der Waals surface area contributed by atoms with E-state index in [0.717, 1.165) is 25.3 Å². The van der Waals surface area contributed by atoms with E-state index in [2.05, 4.69) is 43.0 Å². The molecule has 5 heteroatoms. The standard InChI is InChI=1S/C17H30N4O/c1-6-8-20-9-7-14(12-20)10-18-16(22)15-11-19-21(13(15)2)17(3,4)5/h11,14H,6-10,12H2,1-5H3,(H,18,22)/t14-/m0/s1. The van der Waals surface area contributed by atoms with Gasteiger partial charge in [-0.15, -0.1) is 0 Å². The molecule has 1 aromatic heterocycles. The molecule has 1 aliphatic rings. The fourth-order valence-electron chi connectivity index (χ4n) is 3.24. The highest BCUT2D eigenvalue weighted by Gasteiger charge is 2.24. The van der Waals surface area contributed by atoms with Gasteiger partial charge < -0.3 is 10.2 Å². The van der Waals surface area contributed by atoms with E-state index in [9.17, 15) is 4.79 Å². The first-order chi connectivity index (χ1) is 10.3. The molecule has 22 heavy (non-hydrogen) atoms. The topological polar surface area (TPSA) is 50.2 Å². The Morgan fingerprint density at radius 2 is 2.18 bits per heavy atom. The summed E-state index contributed by atoms with van der Waals surface area (Å²) in [6.07, 6.45) is 4.07. The number of aromatic nitrogens is 2. The predicted molar refractivity (Wildman–Crippen MR) is 89.1 cm³/mol. The molecule has 1 aliphatic heterocycles. The van der Waals surface area contributed by atoms with Crippen LogP contribution in [0.25, 0.3) is 0 Å². The molecular weight excluding hydrogens is 276 g/mol. The van der Waals surface area contributed by atoms with Crippen LogP contribution in [0, 0.1) is 12.8 Å². The van der Waals surface area contributed by atoms with E-state index < -0.39 is 0 Å². The van der Waals surface area contributed by atoms with Gasteiger partial charge in [0.25, 0.3) is 5.91 Å². The number of rotatable bonds is 5. The second kappa shape index (κ2) is 6.82. The SMILES string of the molecule is CCCN1CC[C@@H](CNC(=O)c2cnn(C(C)(C)C)c2C)C1. The maximum absolute atomic E-state index is 12.4. The zero-order valence-corrected chi connectivity index (χ0v) is 14.6. The van der Waals surface area contributed by atoms with Gasteiger partial charge in [0.1, 0.15) is 0 Å². The molecule has 2 rings (SSSR count). The van der Waals surface area contributed by atoms with E-state index in [1.165, 1.54) is 19.4 Å². The Morgan fingerprint density at radius 3 is 2.77 bits per heavy atom. The minimum absolute atomic E-state index is 0.00180. The summed E-state index contributed by atoms with van der Waals surface area (Å²) in [6.45, 7) is 14.7. The minimum Gasteiger partial charge on any atom is -0.352 e. The summed E-state index contributed by atoms with van der Waals surface area (Å²) in [5.74, 6) is 0.579. The smallest absolute Gasteiger partial charge is 0.254 e. The van der Waals surface area contributed by atoms with Crippen molar-refractivity contribution in [3.8, 4) is 0 Å². The zero-order chi connectivity index (χ0) is 16.3. The molecule has 1 fully saturated rings. The van der Waals surface area contributed by atoms with Crippen LogP contribution in [0.1, 0.15) is 56.6 Å². The van der Waals surface area contributed by atoms with Crippen LogP contribution in [0.5, 0.6) is 0 Å². The second-order valence-corrected chi connectivity index (χ2v) is 7.39. The summed E-state index contributed by atoms with van der Waals surface area (Å²) in [5.41, 5.74) is 1.52. The first kappa shape index (κ1) is 17.0. The van der Waals surface area contributed by atoms with Crippen molar-refractivity contribution in [1.82, 2.24) is 20.0 Å². The van der Waals surface area contributed by atoms with Crippen molar-refractivity contribution in [2.45, 2.75) is 53.0 Å². The van der Waals surface area contributed by atoms with Gasteiger partial charge in [-0.25, -0.2) is 0 Å². The molecular formula is C17H30N4O. The number of amides is 1. The Bertz CT molecular complexity index is 515. The summed E-state index contributed by atoms with van der Waals surface area (Å²) in [4.78, 5) is 14.9. The maximum Gasteiger partial charge on any atom is 0.254 e. The molecule has 1 aromatic rings. The summed E-state index contributed by atoms with van der Waals surface area (Å²) in [6, 6.07) is 0. The number of hydrogen-bond donors (Lipinski definition) is 1. The average Bonchev–Trinajstić information content (AvgIpc) is 3.02. The number of nitrogens with zero attached hydrogens (tertiary/aromatic N) is 3. The predicted octanol–water partition coefficient (Wildman–Crippen LogP) is 2.41. The van der Waals surface area contributed by atoms with Gasteiger partial charge in [0.05, 0.1) is 17.3 Å². The van der Waals surface area contributed by atoms with E-state index in [4.69, 9.17) is 0 Å². The Morgan fingerprint density at radius 1 is 1.45 bits per heavy atom. The number of carbonyl (C=O) groups excluding carboxylic acids is 1. The van der Waals surface area contributed by atoms with E-state index >= 15 is 0 Å². The average molecular weight is 306 g/mol. The third-order valence-corrected chi connectivity index (χ3v) is 4.35. The Labute approximate surface area is 134 Å². The summed E-state index contributed by atoms with van der Waals surface area (Å²) in [5, 5.41) is 7.46. The van der Waals surface area contributed by atoms with E-state index in [1.807, 2.05) is 11.6 Å². The van der Waals surface area contributed by atoms with E-state index in [-0.39, 0.29) is 11.4 Å². The van der Waals surface area contributed by atoms with Gasteiger partial charge in [-0.05, 0) is 59.5 Å². The highest BCUT2D eigenvalue weighted by atomic mass is 16.1. The van der Waals surface area contributed by atoms with Crippen LogP contribution >= 0.6 is 0 Å². The maximum atomic E-state index is 12.4. The van der Waals surface area contributed by atoms with Crippen molar-refractivity contribution in [3.05, 3.63) is 17.5 Å². The molecule has 0 radical (unpaired) electrons. The van der Waals surface area contributed by atoms with Gasteiger partial charge >= 0.3 is 0 Å². The summed E-state index contributed by atoms with van der Waals surface area (Å²) in [7, 11) is 0. The molecule has 1 amide bonds. The lowest BCUT2D eigenvalue weighted by atomic mass is 10.1. The molecule has 0 aromatic carbocycles. The lowest BCUT2D eigenvalue weighted by Gasteiger charge is -2.21. The molecule has 0 bridgehead atoms. The fraction of sp³-hybridized carbons (Fsp3) is 0.765. The van der Waals surface area contributed by atoms with Crippen molar-refractivity contribution in [2.75, 3.05) is 26.2 Å². The molecule has 1 saturated heterocycles. The van der Waals surface area contributed by atoms with Crippen molar-refractivity contribution in [2.24, 2.45) is 5.92 Å². The van der Waals surface area contributed by atoms with Crippen LogP contribution in [-0.2, 0) is 5.54 Å². The molecule has 0 unspecified atom stereocenters. The van der Waals surface area contributed by atoms with Crippen molar-refractivity contribution < 1.29 is 4.79 Å². The Balaban J connectivity index is 1.90. The van der Waals surface area contributed by atoms with Crippen molar-refractivity contribution in [1.29, 1.82) is 0 Å². The van der Waals surface area contributed by atoms with Crippen LogP contribution in [0.4, 0.5) is 0 Å². The molecule has 1 N–H and O–H groups in total. The molecule has 5 nitrogen and oxygen atoms in total. The lowest BCUT2D eigenvalue weighted by molar-refractivity contribution is 0.0946. The van der Waals surface area contributed by atoms with Crippen LogP contribution in [0.2, 0.25) is 0 Å². The van der Waals surface area contributed by atoms with Gasteiger partial charge in [-0.1, -0.05) is 6.92 Å². The number of likely N-dealkylation sites (tertiary alicyclic amines) is 1. The quantitative estimate of drug-likeness (QED) is 0.909. The summed E-state index contributed by atoms with van der Waals surface area (Å²) >= 11 is 0. The molecule has 0 aliphatic carbocycles. The van der Waals surface area contributed by atoms with Crippen molar-refractivity contribution in [3.63, 3.8) is 0 Å². The lowest BCUT2D eigenvalue weighted by Crippen LogP contribution is -2.32. The number of nitrogens with one attached hydrogen (secondary N) is 1. The fourth-order valence-corrected chi connectivity index (χ4v) is 3.24. The molecule has 0 spiro atoms. The second-order valence-electron chi connectivity index (χ2n) is 7.39. The first-order valence-electron chi connectivity index (χ1n) is 8.38. The largest absolute Gasteiger partial charge is 0.352 e. The first-order valence-corrected chi connectivity index (χ1v) is 8.38. The Hall–Kier alpha value is -1.36. The third-order valence-electron chi connectivity index (χ3n) is 4.35. The minimum atomic E-state index is -0.102. The van der Waals surface area contributed by atoms with Gasteiger partial charge in [-0.3, -0.25) is 9.48 Å². The number of hydrogen-bond acceptors (Lipinski definition) is 3. The summed E-state index contributed by atoms with van der Waals surface area (Å²) < 4.78 is 1.92. The monoisotopic (exact) mass is 306 g/mol. The van der Waals surface area contributed by atoms with Gasteiger partial charge in [-0.2, -0.15) is 5.10 Å². The van der Waals surface area contributed by atoms with E-state index in [1.54, 1.807) is 6.20 Å². The normalized spacial score (nSPS) is 19.6. The van der Waals surface area contributed by atoms with Crippen LogP contribution in [0.15, 0.2) is 6.20 Å². The van der Waals surface area contributed by atoms with Gasteiger partial charge in [0.2, 0.25) is 0 Å². The molecule has 1 atom stereocenters. The van der Waals surface area contributed by atoms with Crippen molar-refractivity contribution >= 4 is 5.91 Å². The molecule has 2 heterocycles. The third kappa shape index (κ3) is 3.88. The molecule has 0 saturated carbocycles. The highest BCUT2D eigenvalue weighted by molar-refractivity contribution is 5.95. The Kier molecular flexibility index (Phi) is 5.27. The molecule has 124 valence electrons. The van der Waals surface area contributed by atoms with Gasteiger partial charge in [0.15, 0.2) is 0 Å². The van der Waals surface area contributed by atoms with Crippen LogP contribution in [-0.4, -0.2) is 46.8 Å². The zero-order valence-electron chi connectivity index (χ0n) is 14.6. The van der Waals surface area contributed by atoms with E-state index in [0.29, 0.717) is 11.5 Å². The number of carbonyl (C=O) groups is 1. The van der Waals surface area contributed by atoms with Gasteiger partial charge in [0, 0.05) is 18.8 Å². The van der Waals surface area contributed by atoms with Crippen LogP contribution in [0.3, 0.4) is 0 Å².